The van der Waals surface area contributed by atoms with E-state index in [1.165, 1.54) is 38.4 Å². The van der Waals surface area contributed by atoms with E-state index in [1.54, 1.807) is 0 Å². The number of halogens is 2. The minimum absolute atomic E-state index is 0.0451. The minimum atomic E-state index is -3.59. The van der Waals surface area contributed by atoms with Gasteiger partial charge in [-0.25, -0.2) is 26.3 Å². The lowest BCUT2D eigenvalue weighted by Gasteiger charge is -2.12. The van der Waals surface area contributed by atoms with E-state index in [0.717, 1.165) is 16.4 Å². The molecule has 0 saturated carbocycles. The van der Waals surface area contributed by atoms with Gasteiger partial charge < -0.3 is 10.1 Å². The summed E-state index contributed by atoms with van der Waals surface area (Å²) in [5.74, 6) is -3.77. The summed E-state index contributed by atoms with van der Waals surface area (Å²) in [6, 6.07) is 7.69. The zero-order valence-electron chi connectivity index (χ0n) is 14.4. The second-order valence-electron chi connectivity index (χ2n) is 5.56. The van der Waals surface area contributed by atoms with Gasteiger partial charge in [-0.1, -0.05) is 0 Å². The van der Waals surface area contributed by atoms with Gasteiger partial charge in [0.05, 0.1) is 10.5 Å². The molecule has 0 aliphatic carbocycles. The van der Waals surface area contributed by atoms with Crippen LogP contribution in [0.2, 0.25) is 0 Å². The lowest BCUT2D eigenvalue weighted by molar-refractivity contribution is -0.119. The van der Waals surface area contributed by atoms with E-state index in [1.807, 2.05) is 0 Å². The fraction of sp³-hybridized carbons (Fsp3) is 0.176. The molecule has 0 aromatic heterocycles. The quantitative estimate of drug-likeness (QED) is 0.752. The third-order valence-electron chi connectivity index (χ3n) is 3.40. The average Bonchev–Trinajstić information content (AvgIpc) is 2.60. The Morgan fingerprint density at radius 1 is 1.07 bits per heavy atom. The monoisotopic (exact) mass is 398 g/mol. The van der Waals surface area contributed by atoms with Crippen molar-refractivity contribution in [2.45, 2.75) is 4.90 Å². The number of hydrogen-bond donors (Lipinski definition) is 1. The lowest BCUT2D eigenvalue weighted by atomic mass is 10.2. The molecule has 2 aromatic rings. The first kappa shape index (κ1) is 20.5. The molecular formula is C17H16F2N2O5S. The first-order valence-corrected chi connectivity index (χ1v) is 9.00. The van der Waals surface area contributed by atoms with Crippen LogP contribution in [-0.4, -0.2) is 45.3 Å². The lowest BCUT2D eigenvalue weighted by Crippen LogP contribution is -2.23. The van der Waals surface area contributed by atoms with Crippen LogP contribution in [0.3, 0.4) is 0 Å². The third kappa shape index (κ3) is 5.08. The second kappa shape index (κ2) is 8.23. The van der Waals surface area contributed by atoms with Crippen LogP contribution in [0.4, 0.5) is 14.5 Å². The molecule has 27 heavy (non-hydrogen) atoms. The summed E-state index contributed by atoms with van der Waals surface area (Å²) < 4.78 is 55.9. The number of benzene rings is 2. The van der Waals surface area contributed by atoms with Crippen LogP contribution in [0, 0.1) is 11.6 Å². The molecule has 2 aromatic carbocycles. The van der Waals surface area contributed by atoms with Gasteiger partial charge in [0.25, 0.3) is 5.91 Å². The van der Waals surface area contributed by atoms with Crippen LogP contribution in [0.25, 0.3) is 0 Å². The van der Waals surface area contributed by atoms with Gasteiger partial charge in [-0.05, 0) is 36.4 Å². The topological polar surface area (TPSA) is 92.8 Å². The molecule has 0 heterocycles. The van der Waals surface area contributed by atoms with Crippen molar-refractivity contribution >= 4 is 27.6 Å². The van der Waals surface area contributed by atoms with Gasteiger partial charge in [-0.3, -0.25) is 4.79 Å². The highest BCUT2D eigenvalue weighted by atomic mass is 32.2. The predicted octanol–water partition coefficient (Wildman–Crippen LogP) is 2.01. The third-order valence-corrected chi connectivity index (χ3v) is 5.23. The maximum Gasteiger partial charge on any atom is 0.341 e. The SMILES string of the molecule is CN(C)S(=O)(=O)c1ccc(NC(=O)COC(=O)c2ccc(F)cc2F)cc1. The van der Waals surface area contributed by atoms with Crippen molar-refractivity contribution in [3.63, 3.8) is 0 Å². The van der Waals surface area contributed by atoms with Gasteiger partial charge in [0.1, 0.15) is 11.6 Å². The number of carbonyl (C=O) groups excluding carboxylic acids is 2. The first-order valence-electron chi connectivity index (χ1n) is 7.56. The number of nitrogens with one attached hydrogen (secondary N) is 1. The van der Waals surface area contributed by atoms with Crippen molar-refractivity contribution in [1.82, 2.24) is 4.31 Å². The summed E-state index contributed by atoms with van der Waals surface area (Å²) in [7, 11) is -0.808. The molecule has 0 aliphatic rings. The molecule has 0 atom stereocenters. The molecule has 7 nitrogen and oxygen atoms in total. The van der Waals surface area contributed by atoms with Crippen LogP contribution in [0.15, 0.2) is 47.4 Å². The number of carbonyl (C=O) groups is 2. The summed E-state index contributed by atoms with van der Waals surface area (Å²) >= 11 is 0. The molecule has 0 aliphatic heterocycles. The Hall–Kier alpha value is -2.85. The van der Waals surface area contributed by atoms with Crippen molar-refractivity contribution in [3.05, 3.63) is 59.7 Å². The summed E-state index contributed by atoms with van der Waals surface area (Å²) in [6.07, 6.45) is 0. The number of nitrogens with zero attached hydrogens (tertiary/aromatic N) is 1. The minimum Gasteiger partial charge on any atom is -0.452 e. The van der Waals surface area contributed by atoms with Gasteiger partial charge in [0.15, 0.2) is 6.61 Å². The second-order valence-corrected chi connectivity index (χ2v) is 7.71. The van der Waals surface area contributed by atoms with Crippen LogP contribution >= 0.6 is 0 Å². The predicted molar refractivity (Wildman–Crippen MR) is 92.6 cm³/mol. The van der Waals surface area contributed by atoms with Crippen molar-refractivity contribution in [3.8, 4) is 0 Å². The zero-order valence-corrected chi connectivity index (χ0v) is 15.2. The van der Waals surface area contributed by atoms with Crippen molar-refractivity contribution < 1.29 is 31.5 Å². The van der Waals surface area contributed by atoms with Gasteiger partial charge in [0.2, 0.25) is 10.0 Å². The van der Waals surface area contributed by atoms with Crippen molar-refractivity contribution in [1.29, 1.82) is 0 Å². The summed E-state index contributed by atoms with van der Waals surface area (Å²) in [5.41, 5.74) is -0.218. The normalized spacial score (nSPS) is 11.3. The number of esters is 1. The number of rotatable bonds is 6. The molecule has 0 bridgehead atoms. The Labute approximate surface area is 154 Å². The molecule has 2 rings (SSSR count). The maximum absolute atomic E-state index is 13.5. The summed E-state index contributed by atoms with van der Waals surface area (Å²) in [4.78, 5) is 23.6. The largest absolute Gasteiger partial charge is 0.452 e. The molecule has 144 valence electrons. The van der Waals surface area contributed by atoms with Crippen molar-refractivity contribution in [2.24, 2.45) is 0 Å². The van der Waals surface area contributed by atoms with E-state index in [4.69, 9.17) is 0 Å². The van der Waals surface area contributed by atoms with Gasteiger partial charge in [-0.15, -0.1) is 0 Å². The fourth-order valence-corrected chi connectivity index (χ4v) is 2.88. The van der Waals surface area contributed by atoms with Gasteiger partial charge in [-0.2, -0.15) is 0 Å². The fourth-order valence-electron chi connectivity index (χ4n) is 1.98. The molecular weight excluding hydrogens is 382 g/mol. The number of ether oxygens (including phenoxy) is 1. The molecule has 1 N–H and O–H groups in total. The van der Waals surface area contributed by atoms with E-state index >= 15 is 0 Å². The molecule has 0 spiro atoms. The summed E-state index contributed by atoms with van der Waals surface area (Å²) in [5, 5.41) is 2.40. The Morgan fingerprint density at radius 2 is 1.70 bits per heavy atom. The van der Waals surface area contributed by atoms with Gasteiger partial charge >= 0.3 is 5.97 Å². The van der Waals surface area contributed by atoms with Crippen LogP contribution < -0.4 is 5.32 Å². The standard InChI is InChI=1S/C17H16F2N2O5S/c1-21(2)27(24,25)13-6-4-12(5-7-13)20-16(22)10-26-17(23)14-8-3-11(18)9-15(14)19/h3-9H,10H2,1-2H3,(H,20,22). The highest BCUT2D eigenvalue weighted by molar-refractivity contribution is 7.89. The molecule has 0 fully saturated rings. The molecule has 10 heteroatoms. The average molecular weight is 398 g/mol. The highest BCUT2D eigenvalue weighted by Crippen LogP contribution is 2.16. The summed E-state index contributed by atoms with van der Waals surface area (Å²) in [6.45, 7) is -0.701. The van der Waals surface area contributed by atoms with E-state index in [2.05, 4.69) is 10.1 Å². The van der Waals surface area contributed by atoms with E-state index in [0.29, 0.717) is 6.07 Å². The Balaban J connectivity index is 1.95. The molecule has 1 amide bonds. The number of anilines is 1. The van der Waals surface area contributed by atoms with Crippen LogP contribution in [0.1, 0.15) is 10.4 Å². The van der Waals surface area contributed by atoms with Crippen molar-refractivity contribution in [2.75, 3.05) is 26.0 Å². The van der Waals surface area contributed by atoms with Crippen LogP contribution in [-0.2, 0) is 19.6 Å². The Bertz CT molecular complexity index is 960. The van der Waals surface area contributed by atoms with Gasteiger partial charge in [0, 0.05) is 25.8 Å². The van der Waals surface area contributed by atoms with E-state index < -0.39 is 45.7 Å². The maximum atomic E-state index is 13.5. The number of sulfonamides is 1. The molecule has 0 unspecified atom stereocenters. The Morgan fingerprint density at radius 3 is 2.26 bits per heavy atom. The van der Waals surface area contributed by atoms with E-state index in [9.17, 15) is 26.8 Å². The zero-order chi connectivity index (χ0) is 20.2. The highest BCUT2D eigenvalue weighted by Gasteiger charge is 2.18. The number of amides is 1. The van der Waals surface area contributed by atoms with Crippen LogP contribution in [0.5, 0.6) is 0 Å². The molecule has 0 radical (unpaired) electrons. The van der Waals surface area contributed by atoms with E-state index in [-0.39, 0.29) is 10.6 Å². The number of hydrogen-bond acceptors (Lipinski definition) is 5. The Kier molecular flexibility index (Phi) is 6.24. The first-order chi connectivity index (χ1) is 12.6. The molecule has 0 saturated heterocycles. The smallest absolute Gasteiger partial charge is 0.341 e.